The minimum absolute atomic E-state index is 0.879. The molecule has 6 heteroatoms. The fourth-order valence-corrected chi connectivity index (χ4v) is 4.52. The number of hydrogen-bond donors (Lipinski definition) is 0. The summed E-state index contributed by atoms with van der Waals surface area (Å²) in [6.45, 7) is 8.47. The zero-order valence-electron chi connectivity index (χ0n) is 13.8. The predicted octanol–water partition coefficient (Wildman–Crippen LogP) is 4.09. The Morgan fingerprint density at radius 2 is 1.83 bits per heavy atom. The first-order valence-electron chi connectivity index (χ1n) is 8.24. The van der Waals surface area contributed by atoms with Crippen molar-refractivity contribution in [2.24, 2.45) is 0 Å². The molecule has 0 atom stereocenters. The molecule has 1 saturated heterocycles. The van der Waals surface area contributed by atoms with Gasteiger partial charge in [-0.05, 0) is 30.5 Å². The van der Waals surface area contributed by atoms with Gasteiger partial charge in [0.2, 0.25) is 0 Å². The van der Waals surface area contributed by atoms with E-state index in [1.165, 1.54) is 4.88 Å². The van der Waals surface area contributed by atoms with Crippen LogP contribution < -0.4 is 0 Å². The molecular formula is C18H21N3OS2. The summed E-state index contributed by atoms with van der Waals surface area (Å²) in [5.74, 6) is 1.81. The van der Waals surface area contributed by atoms with E-state index < -0.39 is 0 Å². The number of thiophene rings is 1. The highest BCUT2D eigenvalue weighted by molar-refractivity contribution is 7.13. The van der Waals surface area contributed by atoms with Crippen LogP contribution in [0.1, 0.15) is 16.3 Å². The molecule has 1 aliphatic rings. The van der Waals surface area contributed by atoms with E-state index in [-0.39, 0.29) is 0 Å². The highest BCUT2D eigenvalue weighted by atomic mass is 32.1. The number of furan rings is 1. The van der Waals surface area contributed by atoms with Crippen molar-refractivity contribution in [2.45, 2.75) is 20.0 Å². The van der Waals surface area contributed by atoms with Crippen LogP contribution in [0.4, 0.5) is 0 Å². The van der Waals surface area contributed by atoms with Gasteiger partial charge >= 0.3 is 0 Å². The van der Waals surface area contributed by atoms with E-state index in [2.05, 4.69) is 32.7 Å². The van der Waals surface area contributed by atoms with Crippen molar-refractivity contribution in [3.63, 3.8) is 0 Å². The zero-order valence-corrected chi connectivity index (χ0v) is 15.4. The number of aryl methyl sites for hydroxylation is 1. The molecule has 4 heterocycles. The van der Waals surface area contributed by atoms with Crippen molar-refractivity contribution >= 4 is 22.7 Å². The summed E-state index contributed by atoms with van der Waals surface area (Å²) in [7, 11) is 0. The van der Waals surface area contributed by atoms with Crippen LogP contribution in [0.15, 0.2) is 39.4 Å². The number of nitrogens with zero attached hydrogens (tertiary/aromatic N) is 3. The van der Waals surface area contributed by atoms with Crippen LogP contribution in [0.25, 0.3) is 10.8 Å². The first kappa shape index (κ1) is 16.0. The zero-order chi connectivity index (χ0) is 16.4. The van der Waals surface area contributed by atoms with E-state index >= 15 is 0 Å². The summed E-state index contributed by atoms with van der Waals surface area (Å²) in [6.07, 6.45) is 0. The lowest BCUT2D eigenvalue weighted by atomic mass is 10.3. The molecule has 0 unspecified atom stereocenters. The van der Waals surface area contributed by atoms with Gasteiger partial charge in [-0.1, -0.05) is 6.07 Å². The maximum absolute atomic E-state index is 5.67. The van der Waals surface area contributed by atoms with Gasteiger partial charge in [-0.2, -0.15) is 0 Å². The lowest BCUT2D eigenvalue weighted by molar-refractivity contribution is 0.122. The molecule has 0 saturated carbocycles. The number of hydrogen-bond acceptors (Lipinski definition) is 6. The Kier molecular flexibility index (Phi) is 4.80. The van der Waals surface area contributed by atoms with E-state index in [1.54, 1.807) is 11.3 Å². The molecule has 3 aromatic rings. The SMILES string of the molecule is Cc1ccc(-c2nc(CN3CCN(Cc4cccs4)CC3)cs2)o1. The average Bonchev–Trinajstić information content (AvgIpc) is 3.31. The van der Waals surface area contributed by atoms with Crippen molar-refractivity contribution in [3.05, 3.63) is 51.4 Å². The third-order valence-electron chi connectivity index (χ3n) is 4.31. The molecule has 0 aromatic carbocycles. The monoisotopic (exact) mass is 359 g/mol. The second kappa shape index (κ2) is 7.19. The minimum Gasteiger partial charge on any atom is -0.459 e. The molecule has 24 heavy (non-hydrogen) atoms. The normalized spacial score (nSPS) is 16.7. The summed E-state index contributed by atoms with van der Waals surface area (Å²) in [5.41, 5.74) is 1.15. The van der Waals surface area contributed by atoms with E-state index in [1.807, 2.05) is 30.4 Å². The number of thiazole rings is 1. The van der Waals surface area contributed by atoms with E-state index in [0.717, 1.165) is 61.5 Å². The fraction of sp³-hybridized carbons (Fsp3) is 0.389. The van der Waals surface area contributed by atoms with Gasteiger partial charge in [-0.25, -0.2) is 4.98 Å². The van der Waals surface area contributed by atoms with E-state index in [4.69, 9.17) is 9.40 Å². The Morgan fingerprint density at radius 1 is 1.04 bits per heavy atom. The van der Waals surface area contributed by atoms with Crippen LogP contribution in [-0.4, -0.2) is 41.0 Å². The highest BCUT2D eigenvalue weighted by Crippen LogP contribution is 2.26. The van der Waals surface area contributed by atoms with E-state index in [9.17, 15) is 0 Å². The third kappa shape index (κ3) is 3.78. The first-order valence-corrected chi connectivity index (χ1v) is 10.0. The molecule has 0 aliphatic carbocycles. The van der Waals surface area contributed by atoms with Crippen LogP contribution >= 0.6 is 22.7 Å². The smallest absolute Gasteiger partial charge is 0.162 e. The van der Waals surface area contributed by atoms with Crippen LogP contribution in [0.2, 0.25) is 0 Å². The maximum Gasteiger partial charge on any atom is 0.162 e. The number of rotatable bonds is 5. The molecule has 1 aliphatic heterocycles. The second-order valence-corrected chi connectivity index (χ2v) is 8.08. The van der Waals surface area contributed by atoms with Crippen molar-refractivity contribution in [1.82, 2.24) is 14.8 Å². The molecule has 0 radical (unpaired) electrons. The largest absolute Gasteiger partial charge is 0.459 e. The van der Waals surface area contributed by atoms with Gasteiger partial charge < -0.3 is 4.42 Å². The Bertz CT molecular complexity index is 770. The van der Waals surface area contributed by atoms with Gasteiger partial charge in [0.25, 0.3) is 0 Å². The molecule has 3 aromatic heterocycles. The number of aromatic nitrogens is 1. The lowest BCUT2D eigenvalue weighted by Gasteiger charge is -2.34. The Labute approximate surface area is 150 Å². The summed E-state index contributed by atoms with van der Waals surface area (Å²) in [5, 5.41) is 5.30. The van der Waals surface area contributed by atoms with Gasteiger partial charge in [0.1, 0.15) is 5.76 Å². The van der Waals surface area contributed by atoms with Crippen molar-refractivity contribution in [2.75, 3.05) is 26.2 Å². The van der Waals surface area contributed by atoms with Gasteiger partial charge in [0, 0.05) is 49.5 Å². The molecule has 0 bridgehead atoms. The molecule has 4 nitrogen and oxygen atoms in total. The topological polar surface area (TPSA) is 32.5 Å². The minimum atomic E-state index is 0.879. The molecule has 126 valence electrons. The molecule has 1 fully saturated rings. The van der Waals surface area contributed by atoms with Crippen LogP contribution in [-0.2, 0) is 13.1 Å². The average molecular weight is 360 g/mol. The summed E-state index contributed by atoms with van der Waals surface area (Å²) >= 11 is 3.52. The van der Waals surface area contributed by atoms with Gasteiger partial charge in [-0.3, -0.25) is 9.80 Å². The van der Waals surface area contributed by atoms with Crippen LogP contribution in [0.3, 0.4) is 0 Å². The Hall–Kier alpha value is -1.47. The van der Waals surface area contributed by atoms with Crippen LogP contribution in [0, 0.1) is 6.92 Å². The van der Waals surface area contributed by atoms with Gasteiger partial charge in [-0.15, -0.1) is 22.7 Å². The molecular weight excluding hydrogens is 338 g/mol. The summed E-state index contributed by atoms with van der Waals surface area (Å²) < 4.78 is 5.67. The van der Waals surface area contributed by atoms with Gasteiger partial charge in [0.05, 0.1) is 5.69 Å². The van der Waals surface area contributed by atoms with Crippen molar-refractivity contribution < 1.29 is 4.42 Å². The van der Waals surface area contributed by atoms with Crippen molar-refractivity contribution in [1.29, 1.82) is 0 Å². The van der Waals surface area contributed by atoms with Crippen molar-refractivity contribution in [3.8, 4) is 10.8 Å². The molecule has 0 spiro atoms. The molecule has 0 amide bonds. The summed E-state index contributed by atoms with van der Waals surface area (Å²) in [4.78, 5) is 11.2. The first-order chi connectivity index (χ1) is 11.8. The molecule has 0 N–H and O–H groups in total. The highest BCUT2D eigenvalue weighted by Gasteiger charge is 2.18. The quantitative estimate of drug-likeness (QED) is 0.687. The predicted molar refractivity (Wildman–Crippen MR) is 99.4 cm³/mol. The second-order valence-electron chi connectivity index (χ2n) is 6.19. The van der Waals surface area contributed by atoms with Gasteiger partial charge in [0.15, 0.2) is 10.8 Å². The lowest BCUT2D eigenvalue weighted by Crippen LogP contribution is -2.45. The maximum atomic E-state index is 5.67. The Morgan fingerprint density at radius 3 is 2.50 bits per heavy atom. The number of piperazine rings is 1. The van der Waals surface area contributed by atoms with E-state index in [0.29, 0.717) is 0 Å². The fourth-order valence-electron chi connectivity index (χ4n) is 3.00. The standard InChI is InChI=1S/C18H21N3OS2/c1-14-4-5-17(22-14)18-19-15(13-24-18)11-20-6-8-21(9-7-20)12-16-3-2-10-23-16/h2-5,10,13H,6-9,11-12H2,1H3. The Balaban J connectivity index is 1.30. The summed E-state index contributed by atoms with van der Waals surface area (Å²) in [6, 6.07) is 8.35. The molecule has 4 rings (SSSR count). The third-order valence-corrected chi connectivity index (χ3v) is 6.08. The van der Waals surface area contributed by atoms with Crippen LogP contribution in [0.5, 0.6) is 0 Å².